The molecule has 1 aliphatic heterocycles. The first-order valence-electron chi connectivity index (χ1n) is 17.7. The maximum atomic E-state index is 14.4. The van der Waals surface area contributed by atoms with E-state index >= 15 is 0 Å². The van der Waals surface area contributed by atoms with Gasteiger partial charge in [0.25, 0.3) is 0 Å². The number of hydrogen-bond acceptors (Lipinski definition) is 8. The van der Waals surface area contributed by atoms with Crippen LogP contribution in [0.15, 0.2) is 41.1 Å². The van der Waals surface area contributed by atoms with Gasteiger partial charge in [0.05, 0.1) is 12.8 Å². The largest absolute Gasteiger partial charge is 0.495 e. The number of amides is 2. The number of likely N-dealkylation sites (tertiary alicyclic amines) is 1. The monoisotopic (exact) mass is 641 g/mol. The van der Waals surface area contributed by atoms with Gasteiger partial charge < -0.3 is 18.8 Å². The first-order chi connectivity index (χ1) is 22.9. The van der Waals surface area contributed by atoms with Crippen LogP contribution in [0.3, 0.4) is 0 Å². The van der Waals surface area contributed by atoms with Crippen LogP contribution in [0.2, 0.25) is 0 Å². The van der Waals surface area contributed by atoms with Gasteiger partial charge in [-0.1, -0.05) is 0 Å². The standard InChI is InChI=1S/C37H47N5O5/c1-24-33(45-2)16-15-31(39-24)26-7-5-25(6-8-26)22-42(34-21-29(17-18-38-34)32-23-46-35(40-32)27-9-10-27)36(43)28-11-13-30(14-12-28)47-37(44)41-19-3-4-20-41/h15-18,21,23,25-28,30H,3-14,19-20,22H2,1-2H3. The maximum Gasteiger partial charge on any atom is 0.410 e. The maximum absolute atomic E-state index is 14.4. The van der Waals surface area contributed by atoms with Crippen molar-refractivity contribution in [2.75, 3.05) is 31.6 Å². The number of hydrogen-bond donors (Lipinski definition) is 0. The van der Waals surface area contributed by atoms with E-state index in [1.165, 1.54) is 0 Å². The number of rotatable bonds is 9. The smallest absolute Gasteiger partial charge is 0.410 e. The second-order valence-electron chi connectivity index (χ2n) is 14.0. The summed E-state index contributed by atoms with van der Waals surface area (Å²) in [4.78, 5) is 45.0. The minimum Gasteiger partial charge on any atom is -0.495 e. The molecule has 0 aromatic carbocycles. The van der Waals surface area contributed by atoms with Gasteiger partial charge in [-0.25, -0.2) is 14.8 Å². The van der Waals surface area contributed by atoms with Crippen LogP contribution < -0.4 is 9.64 Å². The number of aromatic nitrogens is 3. The zero-order chi connectivity index (χ0) is 32.3. The lowest BCUT2D eigenvalue weighted by Crippen LogP contribution is -2.43. The highest BCUT2D eigenvalue weighted by molar-refractivity contribution is 5.94. The average molecular weight is 642 g/mol. The molecule has 1 saturated heterocycles. The molecule has 3 aliphatic carbocycles. The molecule has 0 bridgehead atoms. The Hall–Kier alpha value is -3.95. The molecule has 4 heterocycles. The first kappa shape index (κ1) is 31.6. The molecule has 3 aromatic heterocycles. The molecule has 0 atom stereocenters. The second-order valence-corrected chi connectivity index (χ2v) is 14.0. The SMILES string of the molecule is COc1ccc(C2CCC(CN(C(=O)C3CCC(OC(=O)N4CCCC4)CC3)c3cc(-c4coc(C5CC5)n4)ccn3)CC2)nc1C. The van der Waals surface area contributed by atoms with Crippen molar-refractivity contribution in [3.63, 3.8) is 0 Å². The van der Waals surface area contributed by atoms with Gasteiger partial charge in [-0.2, -0.15) is 0 Å². The van der Waals surface area contributed by atoms with Crippen LogP contribution in [0.1, 0.15) is 106 Å². The number of methoxy groups -OCH3 is 1. The van der Waals surface area contributed by atoms with E-state index in [2.05, 4.69) is 6.07 Å². The number of nitrogens with zero attached hydrogens (tertiary/aromatic N) is 5. The topological polar surface area (TPSA) is 111 Å². The Labute approximate surface area is 277 Å². The predicted octanol–water partition coefficient (Wildman–Crippen LogP) is 7.42. The summed E-state index contributed by atoms with van der Waals surface area (Å²) in [7, 11) is 1.68. The van der Waals surface area contributed by atoms with Crippen molar-refractivity contribution in [1.29, 1.82) is 0 Å². The molecule has 0 radical (unpaired) electrons. The van der Waals surface area contributed by atoms with E-state index in [0.717, 1.165) is 98.7 Å². The quantitative estimate of drug-likeness (QED) is 0.237. The summed E-state index contributed by atoms with van der Waals surface area (Å²) in [6.45, 7) is 4.19. The van der Waals surface area contributed by atoms with E-state index in [1.54, 1.807) is 24.5 Å². The van der Waals surface area contributed by atoms with Gasteiger partial charge >= 0.3 is 6.09 Å². The number of carbonyl (C=O) groups is 2. The lowest BCUT2D eigenvalue weighted by molar-refractivity contribution is -0.124. The zero-order valence-corrected chi connectivity index (χ0v) is 27.7. The highest BCUT2D eigenvalue weighted by Crippen LogP contribution is 2.41. The summed E-state index contributed by atoms with van der Waals surface area (Å²) in [5, 5.41) is 0. The van der Waals surface area contributed by atoms with Crippen molar-refractivity contribution in [2.45, 2.75) is 102 Å². The molecule has 2 amide bonds. The normalized spacial score (nSPS) is 24.6. The van der Waals surface area contributed by atoms with E-state index in [4.69, 9.17) is 28.8 Å². The molecular formula is C37H47N5O5. The third kappa shape index (κ3) is 7.31. The number of anilines is 1. The Morgan fingerprint density at radius 3 is 2.38 bits per heavy atom. The zero-order valence-electron chi connectivity index (χ0n) is 27.7. The molecule has 3 aromatic rings. The summed E-state index contributed by atoms with van der Waals surface area (Å²) < 4.78 is 17.0. The third-order valence-electron chi connectivity index (χ3n) is 10.7. The van der Waals surface area contributed by atoms with Crippen LogP contribution >= 0.6 is 0 Å². The van der Waals surface area contributed by atoms with Crippen LogP contribution in [0, 0.1) is 18.8 Å². The third-order valence-corrected chi connectivity index (χ3v) is 10.7. The van der Waals surface area contributed by atoms with E-state index < -0.39 is 0 Å². The Morgan fingerprint density at radius 1 is 0.936 bits per heavy atom. The van der Waals surface area contributed by atoms with Crippen molar-refractivity contribution in [2.24, 2.45) is 11.8 Å². The van der Waals surface area contributed by atoms with E-state index in [1.807, 2.05) is 30.0 Å². The van der Waals surface area contributed by atoms with Crippen LogP contribution in [0.25, 0.3) is 11.3 Å². The van der Waals surface area contributed by atoms with Crippen LogP contribution in [-0.2, 0) is 9.53 Å². The molecule has 47 heavy (non-hydrogen) atoms. The van der Waals surface area contributed by atoms with Gasteiger partial charge in [0.2, 0.25) is 5.91 Å². The number of oxazole rings is 1. The Balaban J connectivity index is 1.04. The van der Waals surface area contributed by atoms with Crippen molar-refractivity contribution >= 4 is 17.8 Å². The van der Waals surface area contributed by atoms with Crippen LogP contribution in [0.4, 0.5) is 10.6 Å². The molecule has 7 rings (SSSR count). The fourth-order valence-corrected chi connectivity index (χ4v) is 7.63. The number of pyridine rings is 2. The Bertz CT molecular complexity index is 1550. The minimum atomic E-state index is -0.201. The summed E-state index contributed by atoms with van der Waals surface area (Å²) in [6, 6.07) is 8.05. The fraction of sp³-hybridized carbons (Fsp3) is 0.595. The van der Waals surface area contributed by atoms with Crippen LogP contribution in [-0.4, -0.2) is 64.7 Å². The van der Waals surface area contributed by atoms with Gasteiger partial charge in [-0.3, -0.25) is 14.7 Å². The summed E-state index contributed by atoms with van der Waals surface area (Å²) in [5.41, 5.74) is 3.74. The molecule has 0 N–H and O–H groups in total. The van der Waals surface area contributed by atoms with Gasteiger partial charge in [-0.15, -0.1) is 0 Å². The van der Waals surface area contributed by atoms with Gasteiger partial charge in [0, 0.05) is 54.8 Å². The van der Waals surface area contributed by atoms with E-state index in [0.29, 0.717) is 55.8 Å². The average Bonchev–Trinajstić information content (AvgIpc) is 3.57. The molecule has 0 unspecified atom stereocenters. The van der Waals surface area contributed by atoms with Crippen molar-refractivity contribution < 1.29 is 23.5 Å². The number of aryl methyl sites for hydroxylation is 1. The molecule has 250 valence electrons. The summed E-state index contributed by atoms with van der Waals surface area (Å²) in [5.74, 6) is 3.48. The van der Waals surface area contributed by atoms with Gasteiger partial charge in [-0.05, 0) is 114 Å². The highest BCUT2D eigenvalue weighted by atomic mass is 16.6. The fourth-order valence-electron chi connectivity index (χ4n) is 7.63. The van der Waals surface area contributed by atoms with E-state index in [-0.39, 0.29) is 24.0 Å². The Kier molecular flexibility index (Phi) is 9.45. The predicted molar refractivity (Wildman–Crippen MR) is 177 cm³/mol. The summed E-state index contributed by atoms with van der Waals surface area (Å²) in [6.07, 6.45) is 14.4. The molecule has 0 spiro atoms. The number of carbonyl (C=O) groups excluding carboxylic acids is 2. The van der Waals surface area contributed by atoms with E-state index in [9.17, 15) is 9.59 Å². The molecule has 10 heteroatoms. The first-order valence-corrected chi connectivity index (χ1v) is 17.7. The van der Waals surface area contributed by atoms with Crippen molar-refractivity contribution in [1.82, 2.24) is 19.9 Å². The molecule has 4 aliphatic rings. The van der Waals surface area contributed by atoms with Gasteiger partial charge in [0.1, 0.15) is 29.6 Å². The lowest BCUT2D eigenvalue weighted by Gasteiger charge is -2.35. The molecule has 4 fully saturated rings. The molecule has 3 saturated carbocycles. The molecule has 10 nitrogen and oxygen atoms in total. The number of ether oxygens (including phenoxy) is 2. The summed E-state index contributed by atoms with van der Waals surface area (Å²) >= 11 is 0. The van der Waals surface area contributed by atoms with Gasteiger partial charge in [0.15, 0.2) is 5.89 Å². The van der Waals surface area contributed by atoms with Crippen molar-refractivity contribution in [3.8, 4) is 17.0 Å². The second kappa shape index (κ2) is 14.0. The van der Waals surface area contributed by atoms with Crippen molar-refractivity contribution in [3.05, 3.63) is 54.0 Å². The Morgan fingerprint density at radius 2 is 1.68 bits per heavy atom. The lowest BCUT2D eigenvalue weighted by atomic mass is 9.79. The molecular weight excluding hydrogens is 594 g/mol. The minimum absolute atomic E-state index is 0.118. The highest BCUT2D eigenvalue weighted by Gasteiger charge is 2.35. The van der Waals surface area contributed by atoms with Crippen LogP contribution in [0.5, 0.6) is 5.75 Å².